The fraction of sp³-hybridized carbons (Fsp3) is 0.588. The number of rotatable bonds is 5. The van der Waals surface area contributed by atoms with E-state index in [-0.39, 0.29) is 12.1 Å². The van der Waals surface area contributed by atoms with Crippen LogP contribution in [0.5, 0.6) is 0 Å². The van der Waals surface area contributed by atoms with Crippen LogP contribution in [-0.2, 0) is 0 Å². The van der Waals surface area contributed by atoms with Crippen molar-refractivity contribution in [3.05, 3.63) is 35.9 Å². The first kappa shape index (κ1) is 15.8. The highest BCUT2D eigenvalue weighted by Crippen LogP contribution is 2.25. The summed E-state index contributed by atoms with van der Waals surface area (Å²) in [5, 5.41) is 16.6. The maximum absolute atomic E-state index is 9.88. The van der Waals surface area contributed by atoms with E-state index in [0.29, 0.717) is 12.5 Å². The van der Waals surface area contributed by atoms with Crippen LogP contribution in [0, 0.1) is 5.92 Å². The minimum absolute atomic E-state index is 0.178. The van der Waals surface area contributed by atoms with Crippen LogP contribution in [0.4, 0.5) is 0 Å². The van der Waals surface area contributed by atoms with Gasteiger partial charge in [0.25, 0.3) is 0 Å². The summed E-state index contributed by atoms with van der Waals surface area (Å²) in [6.45, 7) is 5.72. The molecule has 1 aromatic carbocycles. The number of aliphatic hydroxyl groups is 1. The van der Waals surface area contributed by atoms with Gasteiger partial charge in [0.2, 0.25) is 0 Å². The van der Waals surface area contributed by atoms with Crippen LogP contribution in [0.15, 0.2) is 35.3 Å². The first-order valence-corrected chi connectivity index (χ1v) is 7.98. The van der Waals surface area contributed by atoms with E-state index in [1.807, 2.05) is 18.2 Å². The van der Waals surface area contributed by atoms with E-state index in [2.05, 4.69) is 41.6 Å². The Bertz CT molecular complexity index is 447. The summed E-state index contributed by atoms with van der Waals surface area (Å²) >= 11 is 0. The third-order valence-corrected chi connectivity index (χ3v) is 4.10. The third-order valence-electron chi connectivity index (χ3n) is 4.10. The smallest absolute Gasteiger partial charge is 0.191 e. The van der Waals surface area contributed by atoms with Gasteiger partial charge < -0.3 is 15.7 Å². The summed E-state index contributed by atoms with van der Waals surface area (Å²) in [5.41, 5.74) is 1.24. The van der Waals surface area contributed by atoms with E-state index in [4.69, 9.17) is 0 Å². The number of guanidine groups is 1. The molecule has 0 amide bonds. The Kier molecular flexibility index (Phi) is 6.05. The van der Waals surface area contributed by atoms with Crippen molar-refractivity contribution in [3.63, 3.8) is 0 Å². The van der Waals surface area contributed by atoms with Crippen molar-refractivity contribution in [2.24, 2.45) is 10.9 Å². The zero-order valence-corrected chi connectivity index (χ0v) is 13.0. The maximum atomic E-state index is 9.88. The number of benzene rings is 1. The standard InChI is InChI=1S/C17H27N3O/c1-3-18-17(19-12-15-10-7-11-16(15)21)20-13(2)14-8-5-4-6-9-14/h4-6,8-9,13,15-16,21H,3,7,10-12H2,1-2H3,(H2,18,19,20). The number of hydrogen-bond donors (Lipinski definition) is 3. The van der Waals surface area contributed by atoms with Gasteiger partial charge in [0.05, 0.1) is 12.1 Å². The van der Waals surface area contributed by atoms with E-state index in [9.17, 15) is 5.11 Å². The Balaban J connectivity index is 1.94. The highest BCUT2D eigenvalue weighted by Gasteiger charge is 2.24. The molecule has 0 saturated heterocycles. The first-order valence-electron chi connectivity index (χ1n) is 7.98. The lowest BCUT2D eigenvalue weighted by Gasteiger charge is -2.19. The van der Waals surface area contributed by atoms with E-state index in [1.54, 1.807) is 0 Å². The lowest BCUT2D eigenvalue weighted by molar-refractivity contribution is 0.136. The Hall–Kier alpha value is -1.55. The van der Waals surface area contributed by atoms with Crippen molar-refractivity contribution in [1.82, 2.24) is 10.6 Å². The van der Waals surface area contributed by atoms with E-state index >= 15 is 0 Å². The van der Waals surface area contributed by atoms with Crippen molar-refractivity contribution < 1.29 is 5.11 Å². The molecule has 0 bridgehead atoms. The molecule has 0 aromatic heterocycles. The second-order valence-corrected chi connectivity index (χ2v) is 5.75. The van der Waals surface area contributed by atoms with Crippen LogP contribution in [0.1, 0.15) is 44.7 Å². The molecule has 1 fully saturated rings. The number of aliphatic imine (C=N–C) groups is 1. The number of hydrogen-bond acceptors (Lipinski definition) is 2. The molecule has 0 spiro atoms. The molecule has 3 atom stereocenters. The predicted molar refractivity (Wildman–Crippen MR) is 87.3 cm³/mol. The van der Waals surface area contributed by atoms with Gasteiger partial charge in [-0.1, -0.05) is 36.8 Å². The average Bonchev–Trinajstić information content (AvgIpc) is 2.91. The summed E-state index contributed by atoms with van der Waals surface area (Å²) in [6.07, 6.45) is 2.94. The van der Waals surface area contributed by atoms with Crippen LogP contribution in [-0.4, -0.2) is 30.3 Å². The molecule has 0 radical (unpaired) electrons. The maximum Gasteiger partial charge on any atom is 0.191 e. The molecule has 3 N–H and O–H groups in total. The number of nitrogens with zero attached hydrogens (tertiary/aromatic N) is 1. The monoisotopic (exact) mass is 289 g/mol. The third kappa shape index (κ3) is 4.74. The molecule has 1 aliphatic carbocycles. The summed E-state index contributed by atoms with van der Waals surface area (Å²) in [4.78, 5) is 4.65. The molecule has 1 saturated carbocycles. The van der Waals surface area contributed by atoms with Gasteiger partial charge in [0.15, 0.2) is 5.96 Å². The van der Waals surface area contributed by atoms with Gasteiger partial charge in [-0.25, -0.2) is 0 Å². The Morgan fingerprint density at radius 2 is 2.10 bits per heavy atom. The van der Waals surface area contributed by atoms with Gasteiger partial charge in [0.1, 0.15) is 0 Å². The summed E-state index contributed by atoms with van der Waals surface area (Å²) in [6, 6.07) is 10.6. The van der Waals surface area contributed by atoms with Gasteiger partial charge in [0, 0.05) is 19.0 Å². The minimum Gasteiger partial charge on any atom is -0.393 e. The fourth-order valence-corrected chi connectivity index (χ4v) is 2.79. The minimum atomic E-state index is -0.178. The molecular formula is C17H27N3O. The summed E-state index contributed by atoms with van der Waals surface area (Å²) in [7, 11) is 0. The lowest BCUT2D eigenvalue weighted by Crippen LogP contribution is -2.39. The molecular weight excluding hydrogens is 262 g/mol. The zero-order valence-electron chi connectivity index (χ0n) is 13.0. The van der Waals surface area contributed by atoms with Gasteiger partial charge in [-0.2, -0.15) is 0 Å². The molecule has 1 aromatic rings. The molecule has 21 heavy (non-hydrogen) atoms. The van der Waals surface area contributed by atoms with Crippen molar-refractivity contribution in [2.75, 3.05) is 13.1 Å². The lowest BCUT2D eigenvalue weighted by atomic mass is 10.1. The van der Waals surface area contributed by atoms with Crippen LogP contribution in [0.3, 0.4) is 0 Å². The highest BCUT2D eigenvalue weighted by molar-refractivity contribution is 5.80. The van der Waals surface area contributed by atoms with E-state index < -0.39 is 0 Å². The Morgan fingerprint density at radius 3 is 2.71 bits per heavy atom. The predicted octanol–water partition coefficient (Wildman–Crippen LogP) is 2.46. The molecule has 1 aliphatic rings. The highest BCUT2D eigenvalue weighted by atomic mass is 16.3. The quantitative estimate of drug-likeness (QED) is 0.576. The first-order chi connectivity index (χ1) is 10.2. The van der Waals surface area contributed by atoms with Gasteiger partial charge in [-0.05, 0) is 32.3 Å². The largest absolute Gasteiger partial charge is 0.393 e. The van der Waals surface area contributed by atoms with Gasteiger partial charge in [-0.15, -0.1) is 0 Å². The topological polar surface area (TPSA) is 56.7 Å². The average molecular weight is 289 g/mol. The fourth-order valence-electron chi connectivity index (χ4n) is 2.79. The molecule has 116 valence electrons. The Labute approximate surface area is 127 Å². The van der Waals surface area contributed by atoms with Crippen LogP contribution >= 0.6 is 0 Å². The van der Waals surface area contributed by atoms with Crippen molar-refractivity contribution in [3.8, 4) is 0 Å². The second-order valence-electron chi connectivity index (χ2n) is 5.75. The summed E-state index contributed by atoms with van der Waals surface area (Å²) < 4.78 is 0. The SMILES string of the molecule is CCNC(=NCC1CCCC1O)NC(C)c1ccccc1. The van der Waals surface area contributed by atoms with Crippen molar-refractivity contribution in [2.45, 2.75) is 45.3 Å². The summed E-state index contributed by atoms with van der Waals surface area (Å²) in [5.74, 6) is 1.14. The van der Waals surface area contributed by atoms with Crippen LogP contribution < -0.4 is 10.6 Å². The van der Waals surface area contributed by atoms with Crippen LogP contribution in [0.2, 0.25) is 0 Å². The van der Waals surface area contributed by atoms with Crippen molar-refractivity contribution >= 4 is 5.96 Å². The number of nitrogens with one attached hydrogen (secondary N) is 2. The molecule has 0 aliphatic heterocycles. The van der Waals surface area contributed by atoms with E-state index in [1.165, 1.54) is 5.56 Å². The van der Waals surface area contributed by atoms with E-state index in [0.717, 1.165) is 31.8 Å². The zero-order chi connectivity index (χ0) is 15.1. The number of aliphatic hydroxyl groups excluding tert-OH is 1. The molecule has 2 rings (SSSR count). The van der Waals surface area contributed by atoms with Gasteiger partial charge >= 0.3 is 0 Å². The normalized spacial score (nSPS) is 23.9. The molecule has 3 unspecified atom stereocenters. The molecule has 4 heteroatoms. The van der Waals surface area contributed by atoms with Crippen molar-refractivity contribution in [1.29, 1.82) is 0 Å². The molecule has 0 heterocycles. The second kappa shape index (κ2) is 8.03. The van der Waals surface area contributed by atoms with Gasteiger partial charge in [-0.3, -0.25) is 4.99 Å². The molecule has 4 nitrogen and oxygen atoms in total. The Morgan fingerprint density at radius 1 is 1.33 bits per heavy atom. The van der Waals surface area contributed by atoms with Crippen LogP contribution in [0.25, 0.3) is 0 Å².